The minimum Gasteiger partial charge on any atom is -0.475 e. The van der Waals surface area contributed by atoms with Crippen LogP contribution in [0.3, 0.4) is 0 Å². The molecule has 0 bridgehead atoms. The second-order valence-electron chi connectivity index (χ2n) is 16.4. The van der Waals surface area contributed by atoms with Crippen LogP contribution in [0.4, 0.5) is 21.0 Å². The Bertz CT molecular complexity index is 2640. The molecule has 4 N–H and O–H groups in total. The van der Waals surface area contributed by atoms with Crippen LogP contribution >= 0.6 is 0 Å². The van der Waals surface area contributed by atoms with E-state index < -0.39 is 32.1 Å². The number of ether oxygens (including phenoxy) is 2. The number of hydrogen-bond acceptors (Lipinski definition) is 11. The first-order chi connectivity index (χ1) is 27.8. The van der Waals surface area contributed by atoms with E-state index >= 15 is 0 Å². The van der Waals surface area contributed by atoms with Crippen LogP contribution in [0.25, 0.3) is 0 Å². The molecule has 19 heteroatoms. The van der Waals surface area contributed by atoms with Gasteiger partial charge in [-0.25, -0.2) is 45.2 Å². The van der Waals surface area contributed by atoms with Crippen LogP contribution in [-0.2, 0) is 78.1 Å². The van der Waals surface area contributed by atoms with Crippen molar-refractivity contribution >= 4 is 43.5 Å². The number of amides is 4. The fraction of sp³-hybridized carbons (Fsp3) is 0.487. The molecule has 3 unspecified atom stereocenters. The second-order valence-corrected chi connectivity index (χ2v) is 19.7. The lowest BCUT2D eigenvalue weighted by atomic mass is 9.83. The summed E-state index contributed by atoms with van der Waals surface area (Å²) >= 11 is 0. The molecule has 10 rings (SSSR count). The molecule has 0 radical (unpaired) electrons. The number of urea groups is 2. The average molecular weight is 832 g/mol. The van der Waals surface area contributed by atoms with E-state index in [9.17, 15) is 26.4 Å². The number of nitrogens with zero attached hydrogens (tertiary/aromatic N) is 5. The van der Waals surface area contributed by atoms with E-state index in [0.717, 1.165) is 96.7 Å². The number of benzene rings is 2. The predicted octanol–water partition coefficient (Wildman–Crippen LogP) is 3.24. The number of hydrogen-bond donors (Lipinski definition) is 4. The lowest BCUT2D eigenvalue weighted by Gasteiger charge is -2.29. The number of aryl methyl sites for hydroxylation is 3. The number of nitrogens with one attached hydrogen (secondary N) is 4. The Balaban J connectivity index is 0.904. The monoisotopic (exact) mass is 831 g/mol. The molecule has 0 saturated heterocycles. The maximum Gasteiger partial charge on any atom is 0.333 e. The molecule has 4 aliphatic carbocycles. The van der Waals surface area contributed by atoms with Gasteiger partial charge < -0.3 is 25.0 Å². The smallest absolute Gasteiger partial charge is 0.333 e. The highest BCUT2D eigenvalue weighted by Gasteiger charge is 2.41. The standard InChI is InChI=1S/C39H45N9O8S2/c1-46(2)26-19-48-37(56-20-26)32(18-41-48)58(53,54)44-38(49)42-34-28-7-3-6-22(28)14-24-15-25(16-30(24)34)27-10-9-23-13-21-5-4-8-29(21)35(33(23)27)43-39(50)45-57(51,52)31-17-40-47-11-12-55-36(31)47/h13-14,17-18,25-27H,3-12,15-16,19-20H2,1-2H3,(H2,42,44,49)(H2,43,45,50). The Labute approximate surface area is 335 Å². The summed E-state index contributed by atoms with van der Waals surface area (Å²) in [7, 11) is -4.75. The van der Waals surface area contributed by atoms with Crippen molar-refractivity contribution in [1.29, 1.82) is 0 Å². The fourth-order valence-corrected chi connectivity index (χ4v) is 12.1. The van der Waals surface area contributed by atoms with Crippen LogP contribution < -0.4 is 29.6 Å². The van der Waals surface area contributed by atoms with Crippen molar-refractivity contribution in [2.24, 2.45) is 5.92 Å². The van der Waals surface area contributed by atoms with Gasteiger partial charge in [0.05, 0.1) is 31.5 Å². The summed E-state index contributed by atoms with van der Waals surface area (Å²) in [5.74, 6) is 0.415. The molecular weight excluding hydrogens is 787 g/mol. The zero-order chi connectivity index (χ0) is 40.1. The van der Waals surface area contributed by atoms with Crippen molar-refractivity contribution < 1.29 is 35.9 Å². The highest BCUT2D eigenvalue weighted by atomic mass is 32.2. The van der Waals surface area contributed by atoms with E-state index in [-0.39, 0.29) is 39.4 Å². The maximum absolute atomic E-state index is 13.6. The van der Waals surface area contributed by atoms with Gasteiger partial charge in [-0.05, 0) is 135 Å². The topological polar surface area (TPSA) is 208 Å². The van der Waals surface area contributed by atoms with Gasteiger partial charge in [0, 0.05) is 11.4 Å². The molecule has 306 valence electrons. The van der Waals surface area contributed by atoms with E-state index in [1.165, 1.54) is 27.3 Å². The highest BCUT2D eigenvalue weighted by molar-refractivity contribution is 7.90. The number of rotatable bonds is 8. The third-order valence-electron chi connectivity index (χ3n) is 12.8. The zero-order valence-corrected chi connectivity index (χ0v) is 33.9. The SMILES string of the molecule is CN(C)C1COc2c(S(=O)(=O)NC(=O)Nc3c4c(cc5c3CC(C3CCc6cc7c(c(NC(=O)NS(=O)(=O)c8cnn9c8OCC9)c63)CCC7)C5)CCC4)cnn2C1. The van der Waals surface area contributed by atoms with E-state index in [4.69, 9.17) is 9.47 Å². The van der Waals surface area contributed by atoms with Crippen LogP contribution in [0.5, 0.6) is 11.8 Å². The summed E-state index contributed by atoms with van der Waals surface area (Å²) in [6.45, 7) is 1.49. The van der Waals surface area contributed by atoms with Crippen LogP contribution in [0, 0.1) is 5.92 Å². The lowest BCUT2D eigenvalue weighted by Crippen LogP contribution is -2.41. The van der Waals surface area contributed by atoms with Gasteiger partial charge in [-0.2, -0.15) is 10.2 Å². The summed E-state index contributed by atoms with van der Waals surface area (Å²) in [6.07, 6.45) is 10.7. The van der Waals surface area contributed by atoms with Gasteiger partial charge >= 0.3 is 12.1 Å². The molecule has 3 atom stereocenters. The molecule has 2 aromatic heterocycles. The fourth-order valence-electron chi connectivity index (χ4n) is 10.1. The number of carbonyl (C=O) groups excluding carboxylic acids is 2. The van der Waals surface area contributed by atoms with Gasteiger partial charge in [-0.1, -0.05) is 12.1 Å². The highest BCUT2D eigenvalue weighted by Crippen LogP contribution is 2.52. The zero-order valence-electron chi connectivity index (χ0n) is 32.3. The molecule has 2 aliphatic heterocycles. The Morgan fingerprint density at radius 2 is 1.36 bits per heavy atom. The van der Waals surface area contributed by atoms with E-state index in [1.54, 1.807) is 0 Å². The third-order valence-corrected chi connectivity index (χ3v) is 15.5. The van der Waals surface area contributed by atoms with E-state index in [1.807, 2.05) is 19.0 Å². The quantitative estimate of drug-likeness (QED) is 0.203. The van der Waals surface area contributed by atoms with Crippen molar-refractivity contribution in [2.75, 3.05) is 37.9 Å². The normalized spacial score (nSPS) is 21.3. The molecule has 58 heavy (non-hydrogen) atoms. The van der Waals surface area contributed by atoms with Gasteiger partial charge in [0.25, 0.3) is 20.0 Å². The summed E-state index contributed by atoms with van der Waals surface area (Å²) < 4.78 is 72.5. The van der Waals surface area contributed by atoms with Gasteiger partial charge in [0.1, 0.15) is 13.2 Å². The van der Waals surface area contributed by atoms with Crippen LogP contribution in [0.1, 0.15) is 69.7 Å². The molecule has 0 spiro atoms. The summed E-state index contributed by atoms with van der Waals surface area (Å²) in [4.78, 5) is 28.9. The van der Waals surface area contributed by atoms with Crippen LogP contribution in [0.2, 0.25) is 0 Å². The van der Waals surface area contributed by atoms with Crippen molar-refractivity contribution in [2.45, 2.75) is 99.0 Å². The minimum absolute atomic E-state index is 0.0276. The number of anilines is 2. The molecular formula is C39H45N9O8S2. The molecule has 4 heterocycles. The number of carbonyl (C=O) groups is 2. The van der Waals surface area contributed by atoms with Crippen LogP contribution in [-0.4, -0.2) is 86.7 Å². The van der Waals surface area contributed by atoms with Crippen molar-refractivity contribution in [3.8, 4) is 11.8 Å². The number of likely N-dealkylation sites (N-methyl/N-ethyl adjacent to an activating group) is 1. The molecule has 17 nitrogen and oxygen atoms in total. The first-order valence-corrected chi connectivity index (χ1v) is 22.9. The summed E-state index contributed by atoms with van der Waals surface area (Å²) in [5, 5.41) is 14.3. The van der Waals surface area contributed by atoms with Crippen molar-refractivity contribution in [3.05, 3.63) is 69.0 Å². The molecule has 4 aromatic rings. The number of fused-ring (bicyclic) bond motifs is 6. The molecule has 0 fully saturated rings. The molecule has 0 saturated carbocycles. The molecule has 6 aliphatic rings. The predicted molar refractivity (Wildman–Crippen MR) is 210 cm³/mol. The third kappa shape index (κ3) is 6.20. The minimum atomic E-state index is -4.32. The Kier molecular flexibility index (Phi) is 8.79. The number of sulfonamides is 2. The van der Waals surface area contributed by atoms with Gasteiger partial charge in [0.2, 0.25) is 11.8 Å². The Morgan fingerprint density at radius 3 is 2.05 bits per heavy atom. The second kappa shape index (κ2) is 13.7. The first kappa shape index (κ1) is 37.2. The van der Waals surface area contributed by atoms with E-state index in [2.05, 4.69) is 42.4 Å². The van der Waals surface area contributed by atoms with E-state index in [0.29, 0.717) is 44.1 Å². The number of aromatic nitrogens is 4. The first-order valence-electron chi connectivity index (χ1n) is 19.9. The Hall–Kier alpha value is -5.14. The average Bonchev–Trinajstić information content (AvgIpc) is 4.02. The maximum atomic E-state index is 13.6. The lowest BCUT2D eigenvalue weighted by molar-refractivity contribution is 0.117. The van der Waals surface area contributed by atoms with Crippen molar-refractivity contribution in [1.82, 2.24) is 33.9 Å². The van der Waals surface area contributed by atoms with Gasteiger partial charge in [-0.15, -0.1) is 0 Å². The van der Waals surface area contributed by atoms with Gasteiger partial charge in [0.15, 0.2) is 9.79 Å². The molecule has 4 amide bonds. The van der Waals surface area contributed by atoms with Gasteiger partial charge in [-0.3, -0.25) is 0 Å². The molecule has 2 aromatic carbocycles. The largest absolute Gasteiger partial charge is 0.475 e. The summed E-state index contributed by atoms with van der Waals surface area (Å²) in [5.41, 5.74) is 10.1. The Morgan fingerprint density at radius 1 is 0.741 bits per heavy atom. The van der Waals surface area contributed by atoms with Crippen molar-refractivity contribution in [3.63, 3.8) is 0 Å². The summed E-state index contributed by atoms with van der Waals surface area (Å²) in [6, 6.07) is 2.85. The van der Waals surface area contributed by atoms with Crippen LogP contribution in [0.15, 0.2) is 34.3 Å².